The van der Waals surface area contributed by atoms with Crippen LogP contribution in [-0.2, 0) is 13.1 Å². The Morgan fingerprint density at radius 2 is 2.04 bits per heavy atom. The van der Waals surface area contributed by atoms with E-state index in [1.165, 1.54) is 17.4 Å². The zero-order chi connectivity index (χ0) is 19.0. The van der Waals surface area contributed by atoms with Crippen molar-refractivity contribution >= 4 is 43.4 Å². The van der Waals surface area contributed by atoms with Crippen LogP contribution in [-0.4, -0.2) is 10.5 Å². The van der Waals surface area contributed by atoms with E-state index in [4.69, 9.17) is 4.42 Å². The minimum Gasteiger partial charge on any atom is -0.467 e. The van der Waals surface area contributed by atoms with E-state index in [0.717, 1.165) is 26.1 Å². The Balaban J connectivity index is 1.67. The molecule has 0 aliphatic heterocycles. The summed E-state index contributed by atoms with van der Waals surface area (Å²) >= 11 is 4.95. The second kappa shape index (κ2) is 7.28. The minimum absolute atomic E-state index is 0.243. The van der Waals surface area contributed by atoms with Crippen LogP contribution in [0.4, 0.5) is 8.78 Å². The van der Waals surface area contributed by atoms with Crippen LogP contribution in [0.25, 0.3) is 10.2 Å². The molecule has 0 aliphatic carbocycles. The van der Waals surface area contributed by atoms with Gasteiger partial charge in [-0.15, -0.1) is 11.3 Å². The van der Waals surface area contributed by atoms with Crippen LogP contribution in [0.15, 0.2) is 56.9 Å². The van der Waals surface area contributed by atoms with Crippen LogP contribution in [0, 0.1) is 11.6 Å². The molecule has 8 heteroatoms. The average molecular weight is 451 g/mol. The lowest BCUT2D eigenvalue weighted by Gasteiger charge is -2.11. The third-order valence-corrected chi connectivity index (χ3v) is 5.69. The summed E-state index contributed by atoms with van der Waals surface area (Å²) in [5.41, 5.74) is 1.86. The number of carbonyl (C=O) groups excluding carboxylic acids is 1. The van der Waals surface area contributed by atoms with E-state index in [-0.39, 0.29) is 19.0 Å². The lowest BCUT2D eigenvalue weighted by molar-refractivity contribution is 0.0939. The van der Waals surface area contributed by atoms with Gasteiger partial charge in [0.15, 0.2) is 11.6 Å². The minimum atomic E-state index is -0.911. The zero-order valence-electron chi connectivity index (χ0n) is 13.8. The van der Waals surface area contributed by atoms with Crippen molar-refractivity contribution in [3.05, 3.63) is 81.2 Å². The molecule has 0 spiro atoms. The zero-order valence-corrected chi connectivity index (χ0v) is 16.2. The highest BCUT2D eigenvalue weighted by Gasteiger charge is 2.18. The van der Waals surface area contributed by atoms with E-state index < -0.39 is 11.6 Å². The van der Waals surface area contributed by atoms with Crippen molar-refractivity contribution in [2.75, 3.05) is 0 Å². The summed E-state index contributed by atoms with van der Waals surface area (Å²) in [6.45, 7) is 0.507. The highest BCUT2D eigenvalue weighted by Crippen LogP contribution is 2.33. The summed E-state index contributed by atoms with van der Waals surface area (Å²) in [6, 6.07) is 11.0. The monoisotopic (exact) mass is 450 g/mol. The standard InChI is InChI=1S/C19H13BrF2N2O2S/c20-18-8-15-17(27-18)7-16(19(25)23-9-12-2-1-5-26-12)24(15)10-11-3-4-13(21)14(22)6-11/h1-8H,9-10H2,(H,23,25). The van der Waals surface area contributed by atoms with Crippen LogP contribution < -0.4 is 5.32 Å². The maximum Gasteiger partial charge on any atom is 0.268 e. The van der Waals surface area contributed by atoms with Crippen molar-refractivity contribution in [3.63, 3.8) is 0 Å². The first-order valence-corrected chi connectivity index (χ1v) is 9.65. The average Bonchev–Trinajstić information content (AvgIpc) is 3.34. The van der Waals surface area contributed by atoms with Gasteiger partial charge in [-0.3, -0.25) is 4.79 Å². The summed E-state index contributed by atoms with van der Waals surface area (Å²) in [5.74, 6) is -1.43. The molecule has 1 aromatic carbocycles. The number of nitrogens with one attached hydrogen (secondary N) is 1. The molecule has 0 atom stereocenters. The van der Waals surface area contributed by atoms with Crippen molar-refractivity contribution in [2.24, 2.45) is 0 Å². The molecule has 0 saturated carbocycles. The fourth-order valence-electron chi connectivity index (χ4n) is 2.86. The van der Waals surface area contributed by atoms with Gasteiger partial charge in [-0.2, -0.15) is 0 Å². The number of hydrogen-bond acceptors (Lipinski definition) is 3. The number of carbonyl (C=O) groups is 1. The van der Waals surface area contributed by atoms with Crippen LogP contribution >= 0.6 is 27.3 Å². The Morgan fingerprint density at radius 1 is 1.19 bits per heavy atom. The third-order valence-electron chi connectivity index (χ3n) is 4.12. The molecule has 0 unspecified atom stereocenters. The molecule has 4 nitrogen and oxygen atoms in total. The normalized spacial score (nSPS) is 11.2. The lowest BCUT2D eigenvalue weighted by Crippen LogP contribution is -2.25. The molecule has 3 heterocycles. The molecular formula is C19H13BrF2N2O2S. The highest BCUT2D eigenvalue weighted by molar-refractivity contribution is 9.11. The number of aromatic nitrogens is 1. The van der Waals surface area contributed by atoms with Gasteiger partial charge in [0.2, 0.25) is 0 Å². The van der Waals surface area contributed by atoms with Gasteiger partial charge in [-0.1, -0.05) is 6.07 Å². The van der Waals surface area contributed by atoms with Gasteiger partial charge < -0.3 is 14.3 Å². The fraction of sp³-hybridized carbons (Fsp3) is 0.105. The van der Waals surface area contributed by atoms with Crippen LogP contribution in [0.1, 0.15) is 21.8 Å². The second-order valence-corrected chi connectivity index (χ2v) is 8.39. The molecule has 0 aliphatic rings. The Kier molecular flexibility index (Phi) is 4.84. The fourth-order valence-corrected chi connectivity index (χ4v) is 4.43. The molecule has 4 rings (SSSR count). The van der Waals surface area contributed by atoms with Crippen LogP contribution in [0.2, 0.25) is 0 Å². The van der Waals surface area contributed by atoms with Gasteiger partial charge in [-0.25, -0.2) is 8.78 Å². The molecule has 0 fully saturated rings. The van der Waals surface area contributed by atoms with Gasteiger partial charge in [0.1, 0.15) is 11.5 Å². The van der Waals surface area contributed by atoms with Crippen molar-refractivity contribution < 1.29 is 18.0 Å². The molecule has 0 radical (unpaired) electrons. The number of furan rings is 1. The van der Waals surface area contributed by atoms with Crippen LogP contribution in [0.5, 0.6) is 0 Å². The summed E-state index contributed by atoms with van der Waals surface area (Å²) in [5, 5.41) is 2.82. The van der Waals surface area contributed by atoms with E-state index in [1.54, 1.807) is 29.0 Å². The first-order valence-electron chi connectivity index (χ1n) is 8.04. The van der Waals surface area contributed by atoms with Crippen molar-refractivity contribution in [3.8, 4) is 0 Å². The SMILES string of the molecule is O=C(NCc1ccco1)c1cc2sc(Br)cc2n1Cc1ccc(F)c(F)c1. The number of hydrogen-bond donors (Lipinski definition) is 1. The Morgan fingerprint density at radius 3 is 2.78 bits per heavy atom. The summed E-state index contributed by atoms with van der Waals surface area (Å²) in [4.78, 5) is 12.7. The van der Waals surface area contributed by atoms with Crippen LogP contribution in [0.3, 0.4) is 0 Å². The Labute approximate surface area is 165 Å². The van der Waals surface area contributed by atoms with Gasteiger partial charge >= 0.3 is 0 Å². The van der Waals surface area contributed by atoms with E-state index in [1.807, 2.05) is 6.07 Å². The molecule has 0 saturated heterocycles. The molecule has 1 N–H and O–H groups in total. The Bertz CT molecular complexity index is 1120. The largest absolute Gasteiger partial charge is 0.467 e. The maximum absolute atomic E-state index is 13.6. The van der Waals surface area contributed by atoms with Crippen molar-refractivity contribution in [1.82, 2.24) is 9.88 Å². The third kappa shape index (κ3) is 3.68. The van der Waals surface area contributed by atoms with E-state index in [0.29, 0.717) is 17.0 Å². The maximum atomic E-state index is 13.6. The van der Waals surface area contributed by atoms with Gasteiger partial charge in [-0.05, 0) is 57.9 Å². The molecule has 138 valence electrons. The summed E-state index contributed by atoms with van der Waals surface area (Å²) < 4.78 is 35.7. The molecule has 4 aromatic rings. The van der Waals surface area contributed by atoms with E-state index in [9.17, 15) is 13.6 Å². The molecule has 0 bridgehead atoms. The smallest absolute Gasteiger partial charge is 0.268 e. The second-order valence-electron chi connectivity index (χ2n) is 5.93. The number of fused-ring (bicyclic) bond motifs is 1. The predicted octanol–water partition coefficient (Wildman–Crippen LogP) is 5.31. The quantitative estimate of drug-likeness (QED) is 0.447. The number of amides is 1. The van der Waals surface area contributed by atoms with Gasteiger partial charge in [0.05, 0.1) is 26.8 Å². The first kappa shape index (κ1) is 17.9. The summed E-state index contributed by atoms with van der Waals surface area (Å²) in [6.07, 6.45) is 1.54. The van der Waals surface area contributed by atoms with Crippen molar-refractivity contribution in [1.29, 1.82) is 0 Å². The van der Waals surface area contributed by atoms with Crippen molar-refractivity contribution in [2.45, 2.75) is 13.1 Å². The molecule has 1 amide bonds. The number of rotatable bonds is 5. The molecule has 27 heavy (non-hydrogen) atoms. The number of thiophene rings is 1. The number of nitrogens with zero attached hydrogens (tertiary/aromatic N) is 1. The summed E-state index contributed by atoms with van der Waals surface area (Å²) in [7, 11) is 0. The molecular weight excluding hydrogens is 438 g/mol. The molecule has 3 aromatic heterocycles. The predicted molar refractivity (Wildman–Crippen MR) is 103 cm³/mol. The number of halogens is 3. The van der Waals surface area contributed by atoms with E-state index >= 15 is 0 Å². The lowest BCUT2D eigenvalue weighted by atomic mass is 10.2. The Hall–Kier alpha value is -2.45. The topological polar surface area (TPSA) is 47.2 Å². The van der Waals surface area contributed by atoms with Gasteiger partial charge in [0.25, 0.3) is 5.91 Å². The first-order chi connectivity index (χ1) is 13.0. The highest BCUT2D eigenvalue weighted by atomic mass is 79.9. The number of benzene rings is 1. The van der Waals surface area contributed by atoms with E-state index in [2.05, 4.69) is 21.2 Å². The van der Waals surface area contributed by atoms with Gasteiger partial charge in [0, 0.05) is 6.54 Å².